The summed E-state index contributed by atoms with van der Waals surface area (Å²) in [4.78, 5) is 59.8. The summed E-state index contributed by atoms with van der Waals surface area (Å²) in [5.41, 5.74) is 7.62. The average molecular weight is 841 g/mol. The van der Waals surface area contributed by atoms with Crippen molar-refractivity contribution in [3.8, 4) is 23.0 Å². The molecule has 0 bridgehead atoms. The van der Waals surface area contributed by atoms with Crippen molar-refractivity contribution in [1.29, 1.82) is 0 Å². The Kier molecular flexibility index (Phi) is 11.6. The molecule has 312 valence electrons. The number of fused-ring (bicyclic) bond motifs is 5. The number of para-hydroxylation sites is 2. The molecule has 0 fully saturated rings. The number of carbonyl (C=O) groups is 4. The zero-order valence-corrected chi connectivity index (χ0v) is 35.1. The summed E-state index contributed by atoms with van der Waals surface area (Å²) in [6, 6.07) is 27.1. The molecule has 0 radical (unpaired) electrons. The fourth-order valence-corrected chi connectivity index (χ4v) is 8.59. The van der Waals surface area contributed by atoms with Crippen LogP contribution in [0.5, 0.6) is 23.0 Å². The van der Waals surface area contributed by atoms with Crippen molar-refractivity contribution in [2.45, 2.75) is 45.1 Å². The van der Waals surface area contributed by atoms with Gasteiger partial charge >= 0.3 is 0 Å². The number of benzene rings is 5. The average Bonchev–Trinajstić information content (AvgIpc) is 3.85. The highest BCUT2D eigenvalue weighted by Gasteiger charge is 2.39. The van der Waals surface area contributed by atoms with E-state index in [0.717, 1.165) is 35.3 Å². The Labute approximate surface area is 355 Å². The summed E-state index contributed by atoms with van der Waals surface area (Å²) in [6.07, 6.45) is 1.97. The fourth-order valence-electron chi connectivity index (χ4n) is 8.14. The zero-order chi connectivity index (χ0) is 42.8. The van der Waals surface area contributed by atoms with E-state index in [-0.39, 0.29) is 31.1 Å². The first-order valence-electron chi connectivity index (χ1n) is 19.7. The van der Waals surface area contributed by atoms with E-state index in [0.29, 0.717) is 81.8 Å². The van der Waals surface area contributed by atoms with Crippen molar-refractivity contribution in [1.82, 2.24) is 5.32 Å². The van der Waals surface area contributed by atoms with Crippen molar-refractivity contribution in [2.24, 2.45) is 4.99 Å². The number of ether oxygens (including phenoxy) is 4. The third-order valence-electron chi connectivity index (χ3n) is 11.2. The predicted molar refractivity (Wildman–Crippen MR) is 237 cm³/mol. The minimum Gasteiger partial charge on any atom is -0.493 e. The number of hydrogen-bond donors (Lipinski definition) is 2. The number of hydrogen-bond acceptors (Lipinski definition) is 10. The molecule has 0 aromatic heterocycles. The van der Waals surface area contributed by atoms with E-state index >= 15 is 0 Å². The van der Waals surface area contributed by atoms with E-state index in [1.165, 1.54) is 14.2 Å². The van der Waals surface area contributed by atoms with Crippen LogP contribution in [0.4, 0.5) is 28.4 Å². The summed E-state index contributed by atoms with van der Waals surface area (Å²) >= 11 is 0. The van der Waals surface area contributed by atoms with E-state index in [2.05, 4.69) is 37.8 Å². The van der Waals surface area contributed by atoms with Gasteiger partial charge in [0, 0.05) is 42.3 Å². The van der Waals surface area contributed by atoms with Crippen LogP contribution in [-0.4, -0.2) is 70.2 Å². The van der Waals surface area contributed by atoms with E-state index in [1.54, 1.807) is 42.2 Å². The van der Waals surface area contributed by atoms with Crippen LogP contribution >= 0.6 is 9.39 Å². The summed E-state index contributed by atoms with van der Waals surface area (Å²) in [6.45, 7) is 6.50. The lowest BCUT2D eigenvalue weighted by Gasteiger charge is -2.24. The molecule has 15 heteroatoms. The number of nitrogens with one attached hydrogen (secondary N) is 2. The number of carbonyl (C=O) groups excluding carboxylic acids is 4. The Morgan fingerprint density at radius 1 is 0.869 bits per heavy atom. The third kappa shape index (κ3) is 8.06. The minimum absolute atomic E-state index is 0.0195. The molecule has 3 heterocycles. The van der Waals surface area contributed by atoms with Gasteiger partial charge in [0.15, 0.2) is 23.0 Å². The molecule has 2 N–H and O–H groups in total. The summed E-state index contributed by atoms with van der Waals surface area (Å²) < 4.78 is 26.2. The van der Waals surface area contributed by atoms with E-state index in [1.807, 2.05) is 64.2 Å². The molecule has 0 aliphatic carbocycles. The number of aliphatic imine (C=N–C) groups is 1. The maximum absolute atomic E-state index is 14.1. The van der Waals surface area contributed by atoms with Crippen LogP contribution in [-0.2, 0) is 35.6 Å². The topological polar surface area (TPSA) is 151 Å². The Morgan fingerprint density at radius 3 is 2.21 bits per heavy atom. The second-order valence-electron chi connectivity index (χ2n) is 15.0. The van der Waals surface area contributed by atoms with Gasteiger partial charge in [0.1, 0.15) is 19.3 Å². The lowest BCUT2D eigenvalue weighted by molar-refractivity contribution is -0.120. The first kappa shape index (κ1) is 40.8. The summed E-state index contributed by atoms with van der Waals surface area (Å²) in [5, 5.41) is 5.34. The van der Waals surface area contributed by atoms with Crippen LogP contribution in [0.1, 0.15) is 49.9 Å². The van der Waals surface area contributed by atoms with Gasteiger partial charge in [0.25, 0.3) is 11.8 Å². The number of amides is 4. The monoisotopic (exact) mass is 840 g/mol. The number of anilines is 4. The quantitative estimate of drug-likeness (QED) is 0.0712. The van der Waals surface area contributed by atoms with E-state index in [4.69, 9.17) is 18.9 Å². The largest absolute Gasteiger partial charge is 0.493 e. The third-order valence-corrected chi connectivity index (χ3v) is 11.6. The maximum atomic E-state index is 14.1. The molecule has 8 rings (SSSR count). The van der Waals surface area contributed by atoms with Gasteiger partial charge in [-0.25, -0.2) is 0 Å². The number of nitrogens with zero attached hydrogens (tertiary/aromatic N) is 4. The van der Waals surface area contributed by atoms with Gasteiger partial charge in [-0.2, -0.15) is 0 Å². The molecule has 3 atom stereocenters. The number of rotatable bonds is 14. The molecule has 0 saturated heterocycles. The molecule has 5 aromatic rings. The predicted octanol–water partition coefficient (Wildman–Crippen LogP) is 6.65. The van der Waals surface area contributed by atoms with Crippen molar-refractivity contribution in [2.75, 3.05) is 47.1 Å². The second-order valence-corrected chi connectivity index (χ2v) is 15.6. The van der Waals surface area contributed by atoms with Crippen molar-refractivity contribution in [3.05, 3.63) is 124 Å². The van der Waals surface area contributed by atoms with Gasteiger partial charge in [0.2, 0.25) is 12.3 Å². The molecule has 0 saturated carbocycles. The van der Waals surface area contributed by atoms with Crippen LogP contribution in [0.3, 0.4) is 0 Å². The molecular formula is C46H45N6O8P. The highest BCUT2D eigenvalue weighted by molar-refractivity contribution is 7.19. The van der Waals surface area contributed by atoms with E-state index < -0.39 is 11.9 Å². The molecular weight excluding hydrogens is 796 g/mol. The highest BCUT2D eigenvalue weighted by atomic mass is 31.0. The Balaban J connectivity index is 1.05. The molecule has 4 amide bonds. The minimum atomic E-state index is -0.799. The smallest absolute Gasteiger partial charge is 0.260 e. The second kappa shape index (κ2) is 17.4. The molecule has 0 spiro atoms. The van der Waals surface area contributed by atoms with Crippen LogP contribution in [0.2, 0.25) is 0 Å². The van der Waals surface area contributed by atoms with Gasteiger partial charge in [-0.3, -0.25) is 24.2 Å². The van der Waals surface area contributed by atoms with Crippen LogP contribution < -0.4 is 44.1 Å². The van der Waals surface area contributed by atoms with Crippen molar-refractivity contribution < 1.29 is 38.1 Å². The normalized spacial score (nSPS) is 15.4. The highest BCUT2D eigenvalue weighted by Crippen LogP contribution is 2.44. The molecule has 3 unspecified atom stereocenters. The van der Waals surface area contributed by atoms with Gasteiger partial charge < -0.3 is 44.1 Å². The zero-order valence-electron chi connectivity index (χ0n) is 34.0. The van der Waals surface area contributed by atoms with Gasteiger partial charge in [0.05, 0.1) is 42.8 Å². The molecule has 14 nitrogen and oxygen atoms in total. The van der Waals surface area contributed by atoms with Crippen LogP contribution in [0.25, 0.3) is 0 Å². The van der Waals surface area contributed by atoms with Gasteiger partial charge in [-0.15, -0.1) is 0 Å². The van der Waals surface area contributed by atoms with Crippen molar-refractivity contribution >= 4 is 68.7 Å². The summed E-state index contributed by atoms with van der Waals surface area (Å²) in [7, 11) is 5.76. The fraction of sp³-hybridized carbons (Fsp3) is 0.239. The standard InChI is InChI=1S/C46H45N6O8P/c1-27(48-26-53)44(54)49-32-16-28(24-59-42-21-36(47-2)34(19-40(42)57-3)45(55)50-14-13-30-9-5-7-11-37(30)50)15-29(17-32)25-60-43-22-39-35(20-41(43)58-4)46(56)52-33(23-51(39)61)18-31-10-6-8-12-38(31)52/h5-12,15-17,19-22,26-27,33H,2,13-14,18,23-25,61H2,1,3-4H3,(H,48,53)(H,49,54). The van der Waals surface area contributed by atoms with Crippen molar-refractivity contribution in [3.63, 3.8) is 0 Å². The van der Waals surface area contributed by atoms with Crippen LogP contribution in [0.15, 0.2) is 96.0 Å². The molecule has 3 aliphatic rings. The van der Waals surface area contributed by atoms with Crippen LogP contribution in [0, 0.1) is 0 Å². The SMILES string of the molecule is C=Nc1cc(OCc2cc(COc3cc4c(cc3OC)C(=O)N3c5ccccc5CC3CN4P)cc(NC(=O)C(C)NC=O)c2)c(OC)cc1C(=O)N1CCc2ccccc21. The Hall–Kier alpha value is -6.92. The molecule has 3 aliphatic heterocycles. The Bertz CT molecular complexity index is 2570. The van der Waals surface area contributed by atoms with E-state index in [9.17, 15) is 19.2 Å². The van der Waals surface area contributed by atoms with Gasteiger partial charge in [-0.05, 0) is 101 Å². The molecule has 5 aromatic carbocycles. The first-order valence-corrected chi connectivity index (χ1v) is 20.3. The lowest BCUT2D eigenvalue weighted by Crippen LogP contribution is -2.40. The number of methoxy groups -OCH3 is 2. The lowest BCUT2D eigenvalue weighted by atomic mass is 10.1. The summed E-state index contributed by atoms with van der Waals surface area (Å²) in [5.74, 6) is 0.687. The maximum Gasteiger partial charge on any atom is 0.260 e. The first-order chi connectivity index (χ1) is 29.6. The molecule has 61 heavy (non-hydrogen) atoms. The Morgan fingerprint density at radius 2 is 1.52 bits per heavy atom. The van der Waals surface area contributed by atoms with Gasteiger partial charge in [-0.1, -0.05) is 36.4 Å².